The van der Waals surface area contributed by atoms with Crippen LogP contribution in [0.3, 0.4) is 0 Å². The molecule has 3 heteroatoms. The molecule has 78 valence electrons. The Bertz CT molecular complexity index is 326. The number of hydrogen-bond donors (Lipinski definition) is 1. The summed E-state index contributed by atoms with van der Waals surface area (Å²) in [5.41, 5.74) is 9.70. The summed E-state index contributed by atoms with van der Waals surface area (Å²) in [6.45, 7) is 4.95. The third-order valence-electron chi connectivity index (χ3n) is 2.97. The lowest BCUT2D eigenvalue weighted by molar-refractivity contribution is 0.492. The predicted molar refractivity (Wildman–Crippen MR) is 57.1 cm³/mol. The predicted octanol–water partition coefficient (Wildman–Crippen LogP) is 1.80. The van der Waals surface area contributed by atoms with Gasteiger partial charge in [0.05, 0.1) is 5.69 Å². The van der Waals surface area contributed by atoms with Crippen molar-refractivity contribution in [3.8, 4) is 0 Å². The molecular formula is C11H19N3. The zero-order chi connectivity index (χ0) is 10.1. The number of hydrogen-bond acceptors (Lipinski definition) is 2. The van der Waals surface area contributed by atoms with Gasteiger partial charge in [-0.15, -0.1) is 0 Å². The number of fused-ring (bicyclic) bond motifs is 1. The highest BCUT2D eigenvalue weighted by Gasteiger charge is 2.20. The molecule has 1 heterocycles. The molecule has 0 amide bonds. The van der Waals surface area contributed by atoms with Gasteiger partial charge in [-0.3, -0.25) is 4.68 Å². The maximum Gasteiger partial charge on any atom is 0.0795 e. The lowest BCUT2D eigenvalue weighted by Gasteiger charge is -2.16. The number of rotatable bonds is 2. The normalized spacial score (nSPS) is 16.0. The summed E-state index contributed by atoms with van der Waals surface area (Å²) in [4.78, 5) is 0. The first-order valence-corrected chi connectivity index (χ1v) is 5.53. The van der Waals surface area contributed by atoms with E-state index >= 15 is 0 Å². The van der Waals surface area contributed by atoms with E-state index in [9.17, 15) is 0 Å². The van der Waals surface area contributed by atoms with Gasteiger partial charge in [0.1, 0.15) is 0 Å². The standard InChI is InChI=1S/C11H19N3/c1-8(2)14-11-6-4-3-5-9(11)10(7-12)13-14/h8H,3-7,12H2,1-2H3. The molecule has 0 unspecified atom stereocenters. The molecule has 0 aliphatic heterocycles. The Balaban J connectivity index is 2.46. The third kappa shape index (κ3) is 1.46. The van der Waals surface area contributed by atoms with Crippen LogP contribution in [-0.2, 0) is 19.4 Å². The van der Waals surface area contributed by atoms with Crippen molar-refractivity contribution in [1.29, 1.82) is 0 Å². The van der Waals surface area contributed by atoms with Gasteiger partial charge in [0.2, 0.25) is 0 Å². The van der Waals surface area contributed by atoms with Crippen LogP contribution in [-0.4, -0.2) is 9.78 Å². The minimum absolute atomic E-state index is 0.460. The molecular weight excluding hydrogens is 174 g/mol. The van der Waals surface area contributed by atoms with Gasteiger partial charge >= 0.3 is 0 Å². The highest BCUT2D eigenvalue weighted by Crippen LogP contribution is 2.26. The van der Waals surface area contributed by atoms with Crippen LogP contribution in [0.25, 0.3) is 0 Å². The first-order chi connectivity index (χ1) is 6.74. The topological polar surface area (TPSA) is 43.8 Å². The molecule has 0 atom stereocenters. The highest BCUT2D eigenvalue weighted by molar-refractivity contribution is 5.29. The van der Waals surface area contributed by atoms with Crippen LogP contribution in [0.5, 0.6) is 0 Å². The van der Waals surface area contributed by atoms with Gasteiger partial charge in [-0.05, 0) is 45.1 Å². The van der Waals surface area contributed by atoms with Crippen molar-refractivity contribution >= 4 is 0 Å². The van der Waals surface area contributed by atoms with Gasteiger partial charge in [0.15, 0.2) is 0 Å². The van der Waals surface area contributed by atoms with Crippen LogP contribution in [0.4, 0.5) is 0 Å². The maximum atomic E-state index is 5.71. The van der Waals surface area contributed by atoms with E-state index < -0.39 is 0 Å². The quantitative estimate of drug-likeness (QED) is 0.778. The van der Waals surface area contributed by atoms with Gasteiger partial charge < -0.3 is 5.73 Å². The van der Waals surface area contributed by atoms with Crippen molar-refractivity contribution in [2.45, 2.75) is 52.1 Å². The van der Waals surface area contributed by atoms with Gasteiger partial charge in [-0.2, -0.15) is 5.10 Å². The van der Waals surface area contributed by atoms with E-state index in [1.807, 2.05) is 0 Å². The molecule has 0 spiro atoms. The fraction of sp³-hybridized carbons (Fsp3) is 0.727. The van der Waals surface area contributed by atoms with E-state index in [-0.39, 0.29) is 0 Å². The van der Waals surface area contributed by atoms with E-state index in [0.29, 0.717) is 12.6 Å². The second-order valence-electron chi connectivity index (χ2n) is 4.32. The second kappa shape index (κ2) is 3.73. The van der Waals surface area contributed by atoms with Crippen molar-refractivity contribution in [2.75, 3.05) is 0 Å². The molecule has 0 aromatic carbocycles. The third-order valence-corrected chi connectivity index (χ3v) is 2.97. The summed E-state index contributed by atoms with van der Waals surface area (Å²) in [7, 11) is 0. The minimum atomic E-state index is 0.460. The van der Waals surface area contributed by atoms with Crippen LogP contribution in [0.1, 0.15) is 49.7 Å². The average molecular weight is 193 g/mol. The number of nitrogens with two attached hydrogens (primary N) is 1. The first-order valence-electron chi connectivity index (χ1n) is 5.53. The lowest BCUT2D eigenvalue weighted by atomic mass is 9.95. The Morgan fingerprint density at radius 3 is 2.71 bits per heavy atom. The van der Waals surface area contributed by atoms with Crippen LogP contribution in [0.15, 0.2) is 0 Å². The van der Waals surface area contributed by atoms with E-state index in [1.165, 1.54) is 36.9 Å². The summed E-state index contributed by atoms with van der Waals surface area (Å²) >= 11 is 0. The summed E-state index contributed by atoms with van der Waals surface area (Å²) in [6.07, 6.45) is 4.95. The summed E-state index contributed by atoms with van der Waals surface area (Å²) in [5.74, 6) is 0. The Hall–Kier alpha value is -0.830. The molecule has 0 saturated carbocycles. The Morgan fingerprint density at radius 1 is 1.36 bits per heavy atom. The van der Waals surface area contributed by atoms with Gasteiger partial charge in [0, 0.05) is 18.3 Å². The van der Waals surface area contributed by atoms with Crippen molar-refractivity contribution in [3.63, 3.8) is 0 Å². The zero-order valence-corrected chi connectivity index (χ0v) is 9.08. The van der Waals surface area contributed by atoms with E-state index in [2.05, 4.69) is 23.6 Å². The zero-order valence-electron chi connectivity index (χ0n) is 9.08. The van der Waals surface area contributed by atoms with Crippen LogP contribution in [0, 0.1) is 0 Å². The monoisotopic (exact) mass is 193 g/mol. The summed E-state index contributed by atoms with van der Waals surface area (Å²) < 4.78 is 2.16. The molecule has 3 nitrogen and oxygen atoms in total. The van der Waals surface area contributed by atoms with E-state index in [1.54, 1.807) is 0 Å². The molecule has 2 N–H and O–H groups in total. The fourth-order valence-electron chi connectivity index (χ4n) is 2.29. The van der Waals surface area contributed by atoms with Crippen LogP contribution in [0.2, 0.25) is 0 Å². The van der Waals surface area contributed by atoms with Gasteiger partial charge in [0.25, 0.3) is 0 Å². The molecule has 14 heavy (non-hydrogen) atoms. The van der Waals surface area contributed by atoms with Crippen molar-refractivity contribution in [1.82, 2.24) is 9.78 Å². The molecule has 1 aliphatic rings. The van der Waals surface area contributed by atoms with E-state index in [4.69, 9.17) is 5.73 Å². The van der Waals surface area contributed by atoms with Crippen LogP contribution >= 0.6 is 0 Å². The maximum absolute atomic E-state index is 5.71. The molecule has 1 aliphatic carbocycles. The van der Waals surface area contributed by atoms with Gasteiger partial charge in [-0.1, -0.05) is 0 Å². The van der Waals surface area contributed by atoms with Crippen molar-refractivity contribution < 1.29 is 0 Å². The first kappa shape index (κ1) is 9.71. The Labute approximate surface area is 85.3 Å². The van der Waals surface area contributed by atoms with Crippen LogP contribution < -0.4 is 5.73 Å². The molecule has 0 bridgehead atoms. The summed E-state index contributed by atoms with van der Waals surface area (Å²) in [5, 5.41) is 4.60. The molecule has 1 aromatic rings. The number of nitrogens with zero attached hydrogens (tertiary/aromatic N) is 2. The van der Waals surface area contributed by atoms with Crippen molar-refractivity contribution in [2.24, 2.45) is 5.73 Å². The summed E-state index contributed by atoms with van der Waals surface area (Å²) in [6, 6.07) is 0.460. The smallest absolute Gasteiger partial charge is 0.0795 e. The Kier molecular flexibility index (Phi) is 2.59. The Morgan fingerprint density at radius 2 is 2.07 bits per heavy atom. The number of aromatic nitrogens is 2. The highest BCUT2D eigenvalue weighted by atomic mass is 15.3. The molecule has 1 aromatic heterocycles. The van der Waals surface area contributed by atoms with E-state index in [0.717, 1.165) is 5.69 Å². The minimum Gasteiger partial charge on any atom is -0.325 e. The average Bonchev–Trinajstić information content (AvgIpc) is 2.56. The second-order valence-corrected chi connectivity index (χ2v) is 4.32. The SMILES string of the molecule is CC(C)n1nc(CN)c2c1CCCC2. The molecule has 0 saturated heterocycles. The largest absolute Gasteiger partial charge is 0.325 e. The molecule has 0 fully saturated rings. The van der Waals surface area contributed by atoms with Gasteiger partial charge in [-0.25, -0.2) is 0 Å². The molecule has 2 rings (SSSR count). The lowest BCUT2D eigenvalue weighted by Crippen LogP contribution is -2.11. The fourth-order valence-corrected chi connectivity index (χ4v) is 2.29. The van der Waals surface area contributed by atoms with Crippen molar-refractivity contribution in [3.05, 3.63) is 17.0 Å². The molecule has 0 radical (unpaired) electrons.